The van der Waals surface area contributed by atoms with Gasteiger partial charge in [0.2, 0.25) is 0 Å². The molecule has 1 aliphatic carbocycles. The van der Waals surface area contributed by atoms with Crippen LogP contribution in [0.25, 0.3) is 6.08 Å². The summed E-state index contributed by atoms with van der Waals surface area (Å²) in [4.78, 5) is 0. The summed E-state index contributed by atoms with van der Waals surface area (Å²) in [5, 5.41) is 0. The fourth-order valence-corrected chi connectivity index (χ4v) is 3.44. The quantitative estimate of drug-likeness (QED) is 0.649. The van der Waals surface area contributed by atoms with Gasteiger partial charge in [0.1, 0.15) is 0 Å². The van der Waals surface area contributed by atoms with Crippen molar-refractivity contribution in [3.8, 4) is 0 Å². The number of aryl methyl sites for hydroxylation is 2. The number of halogens is 1. The molecule has 0 nitrogen and oxygen atoms in total. The van der Waals surface area contributed by atoms with Gasteiger partial charge in [-0.2, -0.15) is 0 Å². The van der Waals surface area contributed by atoms with Crippen LogP contribution in [0, 0.1) is 20.8 Å². The zero-order chi connectivity index (χ0) is 13.6. The zero-order valence-corrected chi connectivity index (χ0v) is 13.1. The second-order valence-electron chi connectivity index (χ2n) is 5.32. The van der Waals surface area contributed by atoms with Crippen LogP contribution >= 0.6 is 15.9 Å². The molecule has 0 bridgehead atoms. The smallest absolute Gasteiger partial charge is 0.0284 e. The predicted octanol–water partition coefficient (Wildman–Crippen LogP) is 5.53. The van der Waals surface area contributed by atoms with Gasteiger partial charge in [0.05, 0.1) is 0 Å². The maximum atomic E-state index is 3.66. The van der Waals surface area contributed by atoms with Crippen LogP contribution in [-0.4, -0.2) is 0 Å². The summed E-state index contributed by atoms with van der Waals surface area (Å²) in [5.74, 6) is 0.396. The van der Waals surface area contributed by atoms with Crippen LogP contribution in [0.4, 0.5) is 0 Å². The maximum Gasteiger partial charge on any atom is 0.0284 e. The molecule has 0 saturated heterocycles. The third kappa shape index (κ3) is 1.97. The molecular weight excluding hydrogens is 296 g/mol. The van der Waals surface area contributed by atoms with Gasteiger partial charge in [-0.05, 0) is 60.2 Å². The summed E-state index contributed by atoms with van der Waals surface area (Å²) in [5.41, 5.74) is 8.36. The van der Waals surface area contributed by atoms with Gasteiger partial charge in [0.15, 0.2) is 0 Å². The lowest BCUT2D eigenvalue weighted by atomic mass is 9.86. The average Bonchev–Trinajstić information content (AvgIpc) is 2.83. The van der Waals surface area contributed by atoms with Crippen LogP contribution < -0.4 is 0 Å². The maximum absolute atomic E-state index is 3.66. The molecule has 1 heteroatoms. The highest BCUT2D eigenvalue weighted by molar-refractivity contribution is 9.10. The number of fused-ring (bicyclic) bond motifs is 1. The zero-order valence-electron chi connectivity index (χ0n) is 11.5. The van der Waals surface area contributed by atoms with Gasteiger partial charge >= 0.3 is 0 Å². The van der Waals surface area contributed by atoms with E-state index in [0.717, 1.165) is 0 Å². The molecule has 2 aromatic rings. The topological polar surface area (TPSA) is 0 Å². The monoisotopic (exact) mass is 312 g/mol. The molecule has 0 heterocycles. The summed E-state index contributed by atoms with van der Waals surface area (Å²) in [7, 11) is 0. The standard InChI is InChI=1S/C18H17Br/c1-11-5-4-6-14(13(11)3)15-8-9-16-17(19)10-7-12(2)18(15)16/h4-10,15H,1-3H3. The van der Waals surface area contributed by atoms with E-state index < -0.39 is 0 Å². The second-order valence-corrected chi connectivity index (χ2v) is 6.17. The van der Waals surface area contributed by atoms with Gasteiger partial charge in [-0.15, -0.1) is 0 Å². The van der Waals surface area contributed by atoms with E-state index >= 15 is 0 Å². The van der Waals surface area contributed by atoms with E-state index in [4.69, 9.17) is 0 Å². The van der Waals surface area contributed by atoms with E-state index in [1.54, 1.807) is 0 Å². The number of benzene rings is 2. The largest absolute Gasteiger partial charge is 0.0720 e. The average molecular weight is 313 g/mol. The first-order chi connectivity index (χ1) is 9.09. The minimum Gasteiger partial charge on any atom is -0.0720 e. The van der Waals surface area contributed by atoms with Crippen molar-refractivity contribution in [3.05, 3.63) is 74.3 Å². The molecule has 1 unspecified atom stereocenters. The van der Waals surface area contributed by atoms with Crippen LogP contribution in [0.15, 0.2) is 40.9 Å². The SMILES string of the molecule is Cc1cccc(C2C=Cc3c(Br)ccc(C)c32)c1C. The van der Waals surface area contributed by atoms with Crippen molar-refractivity contribution in [2.24, 2.45) is 0 Å². The third-order valence-electron chi connectivity index (χ3n) is 4.20. The fraction of sp³-hybridized carbons (Fsp3) is 0.222. The lowest BCUT2D eigenvalue weighted by Crippen LogP contribution is -2.02. The van der Waals surface area contributed by atoms with E-state index in [0.29, 0.717) is 5.92 Å². The van der Waals surface area contributed by atoms with Gasteiger partial charge in [-0.3, -0.25) is 0 Å². The molecule has 1 aliphatic rings. The van der Waals surface area contributed by atoms with Crippen molar-refractivity contribution < 1.29 is 0 Å². The van der Waals surface area contributed by atoms with Crippen LogP contribution in [0.5, 0.6) is 0 Å². The Kier molecular flexibility index (Phi) is 3.10. The Morgan fingerprint density at radius 3 is 2.53 bits per heavy atom. The summed E-state index contributed by atoms with van der Waals surface area (Å²) in [6, 6.07) is 11.0. The number of allylic oxidation sites excluding steroid dienone is 1. The molecule has 96 valence electrons. The van der Waals surface area contributed by atoms with Crippen molar-refractivity contribution in [1.29, 1.82) is 0 Å². The fourth-order valence-electron chi connectivity index (χ4n) is 2.96. The summed E-state index contributed by atoms with van der Waals surface area (Å²) < 4.78 is 1.19. The molecule has 0 spiro atoms. The lowest BCUT2D eigenvalue weighted by Gasteiger charge is -2.18. The highest BCUT2D eigenvalue weighted by Crippen LogP contribution is 2.41. The van der Waals surface area contributed by atoms with E-state index in [-0.39, 0.29) is 0 Å². The van der Waals surface area contributed by atoms with Crippen LogP contribution in [0.2, 0.25) is 0 Å². The first-order valence-electron chi connectivity index (χ1n) is 6.63. The number of rotatable bonds is 1. The van der Waals surface area contributed by atoms with Crippen molar-refractivity contribution >= 4 is 22.0 Å². The number of hydrogen-bond donors (Lipinski definition) is 0. The van der Waals surface area contributed by atoms with E-state index in [1.807, 2.05) is 0 Å². The predicted molar refractivity (Wildman–Crippen MR) is 85.7 cm³/mol. The lowest BCUT2D eigenvalue weighted by molar-refractivity contribution is 1.00. The van der Waals surface area contributed by atoms with Crippen molar-refractivity contribution in [3.63, 3.8) is 0 Å². The van der Waals surface area contributed by atoms with E-state index in [9.17, 15) is 0 Å². The van der Waals surface area contributed by atoms with Crippen LogP contribution in [-0.2, 0) is 0 Å². The first-order valence-corrected chi connectivity index (χ1v) is 7.42. The Labute approximate surface area is 123 Å². The Hall–Kier alpha value is -1.34. The van der Waals surface area contributed by atoms with E-state index in [1.165, 1.54) is 37.9 Å². The molecule has 0 radical (unpaired) electrons. The molecule has 1 atom stereocenters. The Morgan fingerprint density at radius 1 is 0.947 bits per heavy atom. The molecule has 3 rings (SSSR count). The number of hydrogen-bond acceptors (Lipinski definition) is 0. The third-order valence-corrected chi connectivity index (χ3v) is 4.89. The van der Waals surface area contributed by atoms with Gasteiger partial charge < -0.3 is 0 Å². The van der Waals surface area contributed by atoms with Gasteiger partial charge in [0.25, 0.3) is 0 Å². The van der Waals surface area contributed by atoms with Gasteiger partial charge in [-0.25, -0.2) is 0 Å². The highest BCUT2D eigenvalue weighted by Gasteiger charge is 2.24. The summed E-state index contributed by atoms with van der Waals surface area (Å²) in [6.07, 6.45) is 4.57. The molecular formula is C18H17Br. The van der Waals surface area contributed by atoms with Gasteiger partial charge in [0, 0.05) is 10.4 Å². The van der Waals surface area contributed by atoms with Crippen molar-refractivity contribution in [2.45, 2.75) is 26.7 Å². The summed E-state index contributed by atoms with van der Waals surface area (Å²) >= 11 is 3.66. The molecule has 0 saturated carbocycles. The van der Waals surface area contributed by atoms with Crippen LogP contribution in [0.1, 0.15) is 39.3 Å². The molecule has 0 N–H and O–H groups in total. The molecule has 19 heavy (non-hydrogen) atoms. The first kappa shape index (κ1) is 12.7. The minimum absolute atomic E-state index is 0.396. The Morgan fingerprint density at radius 2 is 1.74 bits per heavy atom. The minimum atomic E-state index is 0.396. The Bertz CT molecular complexity index is 680. The molecule has 0 fully saturated rings. The molecule has 0 aliphatic heterocycles. The van der Waals surface area contributed by atoms with Gasteiger partial charge in [-0.1, -0.05) is 52.3 Å². The van der Waals surface area contributed by atoms with Crippen LogP contribution in [0.3, 0.4) is 0 Å². The van der Waals surface area contributed by atoms with Crippen molar-refractivity contribution in [1.82, 2.24) is 0 Å². The van der Waals surface area contributed by atoms with Crippen molar-refractivity contribution in [2.75, 3.05) is 0 Å². The second kappa shape index (κ2) is 4.64. The summed E-state index contributed by atoms with van der Waals surface area (Å²) in [6.45, 7) is 6.62. The Balaban J connectivity index is 2.20. The molecule has 0 aromatic heterocycles. The van der Waals surface area contributed by atoms with E-state index in [2.05, 4.69) is 79.2 Å². The normalized spacial score (nSPS) is 16.7. The highest BCUT2D eigenvalue weighted by atomic mass is 79.9. The molecule has 2 aromatic carbocycles. The molecule has 0 amide bonds.